The lowest BCUT2D eigenvalue weighted by atomic mass is 10.2. The zero-order chi connectivity index (χ0) is 21.9. The maximum atomic E-state index is 12.7. The average Bonchev–Trinajstić information content (AvgIpc) is 2.74. The van der Waals surface area contributed by atoms with E-state index in [2.05, 4.69) is 22.2 Å². The zero-order valence-electron chi connectivity index (χ0n) is 17.8. The monoisotopic (exact) mass is 432 g/mol. The summed E-state index contributed by atoms with van der Waals surface area (Å²) in [6.07, 6.45) is 0. The lowest BCUT2D eigenvalue weighted by Crippen LogP contribution is -2.44. The van der Waals surface area contributed by atoms with Crippen LogP contribution in [0.5, 0.6) is 5.75 Å². The molecule has 0 aliphatic carbocycles. The Balaban J connectivity index is 1.76. The van der Waals surface area contributed by atoms with Gasteiger partial charge in [-0.05, 0) is 49.5 Å². The molecule has 162 valence electrons. The maximum Gasteiger partial charge on any atom is 0.255 e. The number of nitrogens with zero attached hydrogens (tertiary/aromatic N) is 3. The van der Waals surface area contributed by atoms with Gasteiger partial charge in [0.05, 0.1) is 7.11 Å². The molecule has 1 aliphatic rings. The largest absolute Gasteiger partial charge is 0.495 e. The van der Waals surface area contributed by atoms with E-state index in [1.807, 2.05) is 24.3 Å². The van der Waals surface area contributed by atoms with Crippen molar-refractivity contribution in [3.8, 4) is 5.75 Å². The molecule has 0 radical (unpaired) electrons. The number of rotatable bonds is 6. The molecule has 1 N–H and O–H groups in total. The van der Waals surface area contributed by atoms with Crippen molar-refractivity contribution in [3.05, 3.63) is 48.0 Å². The van der Waals surface area contributed by atoms with Gasteiger partial charge in [0.1, 0.15) is 10.6 Å². The van der Waals surface area contributed by atoms with Gasteiger partial charge in [-0.15, -0.1) is 0 Å². The molecule has 1 aliphatic heterocycles. The summed E-state index contributed by atoms with van der Waals surface area (Å²) in [7, 11) is 2.63. The van der Waals surface area contributed by atoms with E-state index in [1.54, 1.807) is 6.07 Å². The summed E-state index contributed by atoms with van der Waals surface area (Å²) < 4.78 is 31.4. The highest BCUT2D eigenvalue weighted by atomic mass is 32.2. The fourth-order valence-corrected chi connectivity index (χ4v) is 4.31. The predicted octanol–water partition coefficient (Wildman–Crippen LogP) is 1.95. The molecule has 8 nitrogen and oxygen atoms in total. The van der Waals surface area contributed by atoms with E-state index in [-0.39, 0.29) is 22.1 Å². The first-order chi connectivity index (χ1) is 14.2. The third-order valence-electron chi connectivity index (χ3n) is 5.18. The molecule has 0 atom stereocenters. The van der Waals surface area contributed by atoms with Crippen LogP contribution in [0.3, 0.4) is 0 Å². The molecule has 30 heavy (non-hydrogen) atoms. The van der Waals surface area contributed by atoms with E-state index in [4.69, 9.17) is 4.74 Å². The Morgan fingerprint density at radius 2 is 1.67 bits per heavy atom. The Morgan fingerprint density at radius 1 is 1.03 bits per heavy atom. The van der Waals surface area contributed by atoms with Crippen molar-refractivity contribution in [1.29, 1.82) is 0 Å². The Hall–Kier alpha value is -2.62. The number of methoxy groups -OCH3 is 1. The molecule has 0 bridgehead atoms. The zero-order valence-corrected chi connectivity index (χ0v) is 18.6. The van der Waals surface area contributed by atoms with Gasteiger partial charge < -0.3 is 19.9 Å². The van der Waals surface area contributed by atoms with Gasteiger partial charge in [-0.3, -0.25) is 4.79 Å². The van der Waals surface area contributed by atoms with Crippen LogP contribution in [0.4, 0.5) is 11.4 Å². The van der Waals surface area contributed by atoms with Crippen LogP contribution in [0.25, 0.3) is 0 Å². The lowest BCUT2D eigenvalue weighted by Gasteiger charge is -2.34. The summed E-state index contributed by atoms with van der Waals surface area (Å²) in [4.78, 5) is 17.3. The van der Waals surface area contributed by atoms with Crippen LogP contribution in [0.1, 0.15) is 10.4 Å². The fourth-order valence-electron chi connectivity index (χ4n) is 3.24. The van der Waals surface area contributed by atoms with Crippen molar-refractivity contribution >= 4 is 27.3 Å². The van der Waals surface area contributed by atoms with Crippen LogP contribution in [0.2, 0.25) is 0 Å². The molecule has 1 fully saturated rings. The number of ether oxygens (including phenoxy) is 1. The Morgan fingerprint density at radius 3 is 2.23 bits per heavy atom. The molecular formula is C21H28N4O4S. The van der Waals surface area contributed by atoms with Crippen molar-refractivity contribution in [3.63, 3.8) is 0 Å². The molecule has 2 aromatic carbocycles. The number of carbonyl (C=O) groups is 1. The molecule has 0 aromatic heterocycles. The van der Waals surface area contributed by atoms with E-state index in [9.17, 15) is 13.2 Å². The van der Waals surface area contributed by atoms with Crippen LogP contribution in [0.15, 0.2) is 47.4 Å². The minimum atomic E-state index is -3.75. The Bertz CT molecular complexity index is 998. The second-order valence-corrected chi connectivity index (χ2v) is 9.56. The first kappa shape index (κ1) is 22.1. The number of nitrogens with one attached hydrogen (secondary N) is 1. The predicted molar refractivity (Wildman–Crippen MR) is 118 cm³/mol. The minimum Gasteiger partial charge on any atom is -0.495 e. The van der Waals surface area contributed by atoms with Gasteiger partial charge in [-0.25, -0.2) is 12.7 Å². The number of hydrogen-bond donors (Lipinski definition) is 1. The molecule has 0 unspecified atom stereocenters. The van der Waals surface area contributed by atoms with Crippen molar-refractivity contribution < 1.29 is 17.9 Å². The molecule has 0 saturated carbocycles. The molecule has 0 spiro atoms. The van der Waals surface area contributed by atoms with Crippen LogP contribution in [-0.4, -0.2) is 78.0 Å². The van der Waals surface area contributed by atoms with E-state index in [0.717, 1.165) is 36.2 Å². The van der Waals surface area contributed by atoms with E-state index in [1.165, 1.54) is 33.3 Å². The summed E-state index contributed by atoms with van der Waals surface area (Å²) in [5.74, 6) is -0.197. The number of benzene rings is 2. The molecule has 9 heteroatoms. The van der Waals surface area contributed by atoms with Crippen molar-refractivity contribution in [2.45, 2.75) is 4.90 Å². The first-order valence-electron chi connectivity index (χ1n) is 9.68. The highest BCUT2D eigenvalue weighted by Crippen LogP contribution is 2.27. The van der Waals surface area contributed by atoms with Crippen LogP contribution in [-0.2, 0) is 10.0 Å². The Kier molecular flexibility index (Phi) is 6.64. The van der Waals surface area contributed by atoms with Crippen molar-refractivity contribution in [2.24, 2.45) is 0 Å². The van der Waals surface area contributed by atoms with E-state index in [0.29, 0.717) is 5.69 Å². The summed E-state index contributed by atoms with van der Waals surface area (Å²) in [6, 6.07) is 12.0. The normalized spacial score (nSPS) is 15.3. The second kappa shape index (κ2) is 9.03. The Labute approximate surface area is 178 Å². The van der Waals surface area contributed by atoms with Gasteiger partial charge in [0.25, 0.3) is 5.91 Å². The lowest BCUT2D eigenvalue weighted by molar-refractivity contribution is 0.102. The van der Waals surface area contributed by atoms with Crippen molar-refractivity contribution in [2.75, 3.05) is 64.6 Å². The summed E-state index contributed by atoms with van der Waals surface area (Å²) in [5.41, 5.74) is 2.00. The minimum absolute atomic E-state index is 0.0481. The highest BCUT2D eigenvalue weighted by Gasteiger charge is 2.24. The summed E-state index contributed by atoms with van der Waals surface area (Å²) >= 11 is 0. The van der Waals surface area contributed by atoms with Gasteiger partial charge in [0.2, 0.25) is 10.0 Å². The third kappa shape index (κ3) is 4.75. The number of carbonyl (C=O) groups excluding carboxylic acids is 1. The molecular weight excluding hydrogens is 404 g/mol. The molecule has 1 heterocycles. The standard InChI is InChI=1S/C21H28N4O4S/c1-23(2)30(27,28)20-15-16(5-10-19(20)29-4)21(26)22-17-6-8-18(9-7-17)25-13-11-24(3)12-14-25/h5-10,15H,11-14H2,1-4H3,(H,22,26). The van der Waals surface area contributed by atoms with Gasteiger partial charge >= 0.3 is 0 Å². The number of piperazine rings is 1. The van der Waals surface area contributed by atoms with Gasteiger partial charge in [0.15, 0.2) is 0 Å². The maximum absolute atomic E-state index is 12.7. The average molecular weight is 433 g/mol. The number of hydrogen-bond acceptors (Lipinski definition) is 6. The first-order valence-corrected chi connectivity index (χ1v) is 11.1. The fraction of sp³-hybridized carbons (Fsp3) is 0.381. The second-order valence-electron chi connectivity index (χ2n) is 7.44. The van der Waals surface area contributed by atoms with Gasteiger partial charge in [-0.1, -0.05) is 0 Å². The highest BCUT2D eigenvalue weighted by molar-refractivity contribution is 7.89. The quantitative estimate of drug-likeness (QED) is 0.751. The smallest absolute Gasteiger partial charge is 0.255 e. The summed E-state index contributed by atoms with van der Waals surface area (Å²) in [5, 5.41) is 2.83. The SMILES string of the molecule is COc1ccc(C(=O)Nc2ccc(N3CCN(C)CC3)cc2)cc1S(=O)(=O)N(C)C. The van der Waals surface area contributed by atoms with E-state index >= 15 is 0 Å². The molecule has 3 rings (SSSR count). The summed E-state index contributed by atoms with van der Waals surface area (Å²) in [6.45, 7) is 3.98. The van der Waals surface area contributed by atoms with Gasteiger partial charge in [0, 0.05) is 57.2 Å². The van der Waals surface area contributed by atoms with Gasteiger partial charge in [-0.2, -0.15) is 0 Å². The topological polar surface area (TPSA) is 82.2 Å². The number of sulfonamides is 1. The number of anilines is 2. The number of amides is 1. The van der Waals surface area contributed by atoms with Crippen LogP contribution >= 0.6 is 0 Å². The molecule has 2 aromatic rings. The van der Waals surface area contributed by atoms with Crippen LogP contribution < -0.4 is 15.0 Å². The molecule has 1 amide bonds. The third-order valence-corrected chi connectivity index (χ3v) is 7.01. The van der Waals surface area contributed by atoms with E-state index < -0.39 is 10.0 Å². The van der Waals surface area contributed by atoms with Crippen LogP contribution in [0, 0.1) is 0 Å². The molecule has 1 saturated heterocycles. The van der Waals surface area contributed by atoms with Crippen molar-refractivity contribution in [1.82, 2.24) is 9.21 Å². The number of likely N-dealkylation sites (N-methyl/N-ethyl adjacent to an activating group) is 1.